The monoisotopic (exact) mass is 317 g/mol. The molecule has 5 heteroatoms. The van der Waals surface area contributed by atoms with Gasteiger partial charge >= 0.3 is 0 Å². The fourth-order valence-electron chi connectivity index (χ4n) is 2.12. The number of nitrogens with zero attached hydrogens (tertiary/aromatic N) is 2. The van der Waals surface area contributed by atoms with E-state index in [9.17, 15) is 4.79 Å². The number of halogens is 1. The average molecular weight is 318 g/mol. The largest absolute Gasteiger partial charge is 0.348 e. The lowest BCUT2D eigenvalue weighted by Gasteiger charge is -2.13. The van der Waals surface area contributed by atoms with E-state index in [1.807, 2.05) is 19.1 Å². The molecule has 1 atom stereocenters. The minimum absolute atomic E-state index is 0.0402. The van der Waals surface area contributed by atoms with Gasteiger partial charge < -0.3 is 5.32 Å². The standard InChI is InChI=1S/C17H20ClN3O/c1-11(2)14-6-4-13(5-7-14)8-17(22)21-12(3)15-9-20-16(18)10-19-15/h4-7,9-12H,8H2,1-3H3,(H,21,22)/t12-/m0/s1. The van der Waals surface area contributed by atoms with Crippen LogP contribution in [0.2, 0.25) is 5.15 Å². The van der Waals surface area contributed by atoms with Crippen molar-refractivity contribution in [2.45, 2.75) is 39.2 Å². The van der Waals surface area contributed by atoms with E-state index in [0.29, 0.717) is 23.2 Å². The first-order chi connectivity index (χ1) is 10.5. The van der Waals surface area contributed by atoms with Crippen LogP contribution < -0.4 is 5.32 Å². The lowest BCUT2D eigenvalue weighted by atomic mass is 10.0. The Morgan fingerprint density at radius 3 is 2.36 bits per heavy atom. The van der Waals surface area contributed by atoms with E-state index in [0.717, 1.165) is 5.56 Å². The second kappa shape index (κ2) is 7.36. The third-order valence-corrected chi connectivity index (χ3v) is 3.67. The minimum atomic E-state index is -0.202. The summed E-state index contributed by atoms with van der Waals surface area (Å²) < 4.78 is 0. The van der Waals surface area contributed by atoms with Crippen LogP contribution in [0.3, 0.4) is 0 Å². The Bertz CT molecular complexity index is 623. The summed E-state index contributed by atoms with van der Waals surface area (Å²) in [5, 5.41) is 3.26. The number of benzene rings is 1. The van der Waals surface area contributed by atoms with Crippen molar-refractivity contribution in [2.24, 2.45) is 0 Å². The zero-order valence-electron chi connectivity index (χ0n) is 13.0. The van der Waals surface area contributed by atoms with E-state index in [4.69, 9.17) is 11.6 Å². The van der Waals surface area contributed by atoms with E-state index in [1.165, 1.54) is 11.8 Å². The highest BCUT2D eigenvalue weighted by Crippen LogP contribution is 2.15. The molecule has 22 heavy (non-hydrogen) atoms. The first-order valence-electron chi connectivity index (χ1n) is 7.31. The first kappa shape index (κ1) is 16.4. The van der Waals surface area contributed by atoms with Crippen LogP contribution in [0.15, 0.2) is 36.7 Å². The fraction of sp³-hybridized carbons (Fsp3) is 0.353. The van der Waals surface area contributed by atoms with E-state index < -0.39 is 0 Å². The molecule has 0 aliphatic carbocycles. The van der Waals surface area contributed by atoms with Gasteiger partial charge in [-0.2, -0.15) is 0 Å². The van der Waals surface area contributed by atoms with E-state index >= 15 is 0 Å². The number of amides is 1. The average Bonchev–Trinajstić information content (AvgIpc) is 2.48. The van der Waals surface area contributed by atoms with Crippen LogP contribution in [-0.2, 0) is 11.2 Å². The Hall–Kier alpha value is -1.94. The van der Waals surface area contributed by atoms with Crippen LogP contribution in [0.25, 0.3) is 0 Å². The molecule has 1 aromatic heterocycles. The Labute approximate surface area is 135 Å². The molecule has 1 heterocycles. The maximum absolute atomic E-state index is 12.1. The molecule has 2 rings (SSSR count). The van der Waals surface area contributed by atoms with Crippen molar-refractivity contribution in [2.75, 3.05) is 0 Å². The van der Waals surface area contributed by atoms with Crippen LogP contribution in [0.4, 0.5) is 0 Å². The van der Waals surface area contributed by atoms with E-state index in [2.05, 4.69) is 41.3 Å². The Morgan fingerprint density at radius 1 is 1.14 bits per heavy atom. The zero-order chi connectivity index (χ0) is 16.1. The molecule has 1 aromatic carbocycles. The normalized spacial score (nSPS) is 12.2. The van der Waals surface area contributed by atoms with Gasteiger partial charge in [-0.05, 0) is 24.0 Å². The fourth-order valence-corrected chi connectivity index (χ4v) is 2.22. The predicted molar refractivity (Wildman–Crippen MR) is 87.8 cm³/mol. The van der Waals surface area contributed by atoms with Crippen molar-refractivity contribution in [3.8, 4) is 0 Å². The lowest BCUT2D eigenvalue weighted by Crippen LogP contribution is -2.28. The van der Waals surface area contributed by atoms with Crippen molar-refractivity contribution in [3.63, 3.8) is 0 Å². The second-order valence-corrected chi connectivity index (χ2v) is 6.01. The number of aromatic nitrogens is 2. The molecule has 1 amide bonds. The molecule has 0 saturated carbocycles. The molecular weight excluding hydrogens is 298 g/mol. The highest BCUT2D eigenvalue weighted by atomic mass is 35.5. The summed E-state index contributed by atoms with van der Waals surface area (Å²) in [7, 11) is 0. The lowest BCUT2D eigenvalue weighted by molar-refractivity contribution is -0.121. The van der Waals surface area contributed by atoms with Crippen molar-refractivity contribution >= 4 is 17.5 Å². The summed E-state index contributed by atoms with van der Waals surface area (Å²) in [6, 6.07) is 7.94. The Balaban J connectivity index is 1.93. The second-order valence-electron chi connectivity index (χ2n) is 5.63. The van der Waals surface area contributed by atoms with Gasteiger partial charge in [0.1, 0.15) is 5.15 Å². The molecule has 0 aliphatic heterocycles. The molecule has 0 bridgehead atoms. The van der Waals surface area contributed by atoms with Gasteiger partial charge in [0.25, 0.3) is 0 Å². The number of carbonyl (C=O) groups excluding carboxylic acids is 1. The van der Waals surface area contributed by atoms with Crippen molar-refractivity contribution in [3.05, 3.63) is 58.6 Å². The summed E-state index contributed by atoms with van der Waals surface area (Å²) in [6.45, 7) is 6.17. The Kier molecular flexibility index (Phi) is 5.50. The number of nitrogens with one attached hydrogen (secondary N) is 1. The molecule has 0 aliphatic rings. The molecule has 0 radical (unpaired) electrons. The van der Waals surface area contributed by atoms with E-state index in [1.54, 1.807) is 6.20 Å². The molecule has 0 saturated heterocycles. The van der Waals surface area contributed by atoms with Crippen LogP contribution >= 0.6 is 11.6 Å². The summed E-state index contributed by atoms with van der Waals surface area (Å²) in [5.41, 5.74) is 2.96. The Morgan fingerprint density at radius 2 is 1.82 bits per heavy atom. The van der Waals surface area contributed by atoms with Crippen molar-refractivity contribution in [1.29, 1.82) is 0 Å². The number of carbonyl (C=O) groups is 1. The predicted octanol–water partition coefficient (Wildman–Crippen LogP) is 3.67. The van der Waals surface area contributed by atoms with Gasteiger partial charge in [-0.3, -0.25) is 9.78 Å². The SMILES string of the molecule is CC(C)c1ccc(CC(=O)N[C@@H](C)c2cnc(Cl)cn2)cc1. The number of hydrogen-bond acceptors (Lipinski definition) is 3. The summed E-state index contributed by atoms with van der Waals surface area (Å²) in [4.78, 5) is 20.2. The maximum atomic E-state index is 12.1. The van der Waals surface area contributed by atoms with Gasteiger partial charge in [-0.15, -0.1) is 0 Å². The van der Waals surface area contributed by atoms with Gasteiger partial charge in [-0.1, -0.05) is 49.7 Å². The smallest absolute Gasteiger partial charge is 0.224 e. The third-order valence-electron chi connectivity index (χ3n) is 3.47. The summed E-state index contributed by atoms with van der Waals surface area (Å²) in [6.07, 6.45) is 3.40. The quantitative estimate of drug-likeness (QED) is 0.915. The first-order valence-corrected chi connectivity index (χ1v) is 7.69. The molecule has 0 unspecified atom stereocenters. The molecule has 2 aromatic rings. The molecule has 1 N–H and O–H groups in total. The van der Waals surface area contributed by atoms with E-state index in [-0.39, 0.29) is 11.9 Å². The highest BCUT2D eigenvalue weighted by Gasteiger charge is 2.12. The number of hydrogen-bond donors (Lipinski definition) is 1. The van der Waals surface area contributed by atoms with Gasteiger partial charge in [0, 0.05) is 0 Å². The molecule has 4 nitrogen and oxygen atoms in total. The zero-order valence-corrected chi connectivity index (χ0v) is 13.8. The molecule has 0 spiro atoms. The molecular formula is C17H20ClN3O. The highest BCUT2D eigenvalue weighted by molar-refractivity contribution is 6.29. The van der Waals surface area contributed by atoms with Crippen LogP contribution in [0.1, 0.15) is 49.6 Å². The van der Waals surface area contributed by atoms with Gasteiger partial charge in [-0.25, -0.2) is 4.98 Å². The maximum Gasteiger partial charge on any atom is 0.224 e. The summed E-state index contributed by atoms with van der Waals surface area (Å²) in [5.74, 6) is 0.452. The van der Waals surface area contributed by atoms with Crippen LogP contribution in [0.5, 0.6) is 0 Å². The van der Waals surface area contributed by atoms with Gasteiger partial charge in [0.2, 0.25) is 5.91 Å². The van der Waals surface area contributed by atoms with Crippen LogP contribution in [0, 0.1) is 0 Å². The van der Waals surface area contributed by atoms with Gasteiger partial charge in [0.15, 0.2) is 0 Å². The third kappa shape index (κ3) is 4.53. The van der Waals surface area contributed by atoms with Crippen molar-refractivity contribution in [1.82, 2.24) is 15.3 Å². The minimum Gasteiger partial charge on any atom is -0.348 e. The molecule has 0 fully saturated rings. The molecule has 116 valence electrons. The summed E-state index contributed by atoms with van der Waals surface area (Å²) >= 11 is 5.70. The van der Waals surface area contributed by atoms with Crippen LogP contribution in [-0.4, -0.2) is 15.9 Å². The topological polar surface area (TPSA) is 54.9 Å². The number of rotatable bonds is 5. The van der Waals surface area contributed by atoms with Crippen molar-refractivity contribution < 1.29 is 4.79 Å². The van der Waals surface area contributed by atoms with Gasteiger partial charge in [0.05, 0.1) is 30.6 Å².